The van der Waals surface area contributed by atoms with Gasteiger partial charge >= 0.3 is 6.30 Å². The molecule has 20 heavy (non-hydrogen) atoms. The molecule has 0 aliphatic rings. The molecule has 0 saturated carbocycles. The molecule has 1 nitrogen and oxygen atoms in total. The molecule has 1 aromatic heterocycles. The van der Waals surface area contributed by atoms with Crippen molar-refractivity contribution in [3.63, 3.8) is 0 Å². The van der Waals surface area contributed by atoms with Crippen LogP contribution in [0.3, 0.4) is 0 Å². The third-order valence-electron chi connectivity index (χ3n) is 3.09. The van der Waals surface area contributed by atoms with Crippen molar-refractivity contribution in [3.8, 4) is 11.3 Å². The van der Waals surface area contributed by atoms with Gasteiger partial charge in [0.2, 0.25) is 0 Å². The summed E-state index contributed by atoms with van der Waals surface area (Å²) >= 11 is 5.82. The fourth-order valence-corrected chi connectivity index (χ4v) is 2.43. The van der Waals surface area contributed by atoms with Crippen LogP contribution in [0.2, 0.25) is 5.02 Å². The lowest BCUT2D eigenvalue weighted by Gasteiger charge is -2.14. The van der Waals surface area contributed by atoms with Gasteiger partial charge in [0, 0.05) is 10.4 Å². The Hall–Kier alpha value is -1.94. The first-order chi connectivity index (χ1) is 9.47. The van der Waals surface area contributed by atoms with Crippen LogP contribution in [0.4, 0.5) is 13.2 Å². The second kappa shape index (κ2) is 4.56. The fourth-order valence-electron chi connectivity index (χ4n) is 2.27. The van der Waals surface area contributed by atoms with Crippen LogP contribution in [0.1, 0.15) is 0 Å². The molecule has 0 amide bonds. The van der Waals surface area contributed by atoms with Crippen molar-refractivity contribution in [2.45, 2.75) is 6.30 Å². The molecule has 0 saturated heterocycles. The molecule has 0 aliphatic carbocycles. The molecule has 5 heteroatoms. The summed E-state index contributed by atoms with van der Waals surface area (Å²) in [5, 5.41) is 0.784. The van der Waals surface area contributed by atoms with Crippen LogP contribution in [-0.2, 0) is 6.30 Å². The van der Waals surface area contributed by atoms with Crippen LogP contribution in [0.5, 0.6) is 0 Å². The highest BCUT2D eigenvalue weighted by atomic mass is 35.5. The van der Waals surface area contributed by atoms with Gasteiger partial charge in [0.05, 0.1) is 11.2 Å². The Morgan fingerprint density at radius 1 is 0.900 bits per heavy atom. The average molecular weight is 296 g/mol. The van der Waals surface area contributed by atoms with E-state index in [2.05, 4.69) is 0 Å². The average Bonchev–Trinajstić information content (AvgIpc) is 2.78. The van der Waals surface area contributed by atoms with E-state index in [0.29, 0.717) is 15.5 Å². The molecule has 0 N–H and O–H groups in total. The Balaban J connectivity index is 2.37. The quantitative estimate of drug-likeness (QED) is 0.563. The van der Waals surface area contributed by atoms with Crippen LogP contribution in [0.15, 0.2) is 54.6 Å². The van der Waals surface area contributed by atoms with Crippen molar-refractivity contribution in [3.05, 3.63) is 59.6 Å². The zero-order valence-electron chi connectivity index (χ0n) is 10.2. The van der Waals surface area contributed by atoms with Gasteiger partial charge in [0.15, 0.2) is 0 Å². The minimum atomic E-state index is -4.50. The summed E-state index contributed by atoms with van der Waals surface area (Å²) in [4.78, 5) is 0. The van der Waals surface area contributed by atoms with Crippen LogP contribution in [-0.4, -0.2) is 4.57 Å². The normalized spacial score (nSPS) is 12.0. The van der Waals surface area contributed by atoms with E-state index in [-0.39, 0.29) is 16.2 Å². The summed E-state index contributed by atoms with van der Waals surface area (Å²) in [6.45, 7) is 0. The number of benzene rings is 2. The van der Waals surface area contributed by atoms with E-state index in [1.54, 1.807) is 42.5 Å². The molecule has 0 radical (unpaired) electrons. The highest BCUT2D eigenvalue weighted by molar-refractivity contribution is 6.31. The van der Waals surface area contributed by atoms with Crippen LogP contribution >= 0.6 is 11.6 Å². The lowest BCUT2D eigenvalue weighted by atomic mass is 10.1. The van der Waals surface area contributed by atoms with E-state index >= 15 is 0 Å². The minimum Gasteiger partial charge on any atom is -0.252 e. The Morgan fingerprint density at radius 2 is 1.60 bits per heavy atom. The van der Waals surface area contributed by atoms with Gasteiger partial charge in [0.1, 0.15) is 0 Å². The number of alkyl halides is 3. The number of halogens is 4. The van der Waals surface area contributed by atoms with Crippen molar-refractivity contribution in [2.75, 3.05) is 0 Å². The fraction of sp³-hybridized carbons (Fsp3) is 0.0667. The summed E-state index contributed by atoms with van der Waals surface area (Å²) < 4.78 is 40.4. The first-order valence-corrected chi connectivity index (χ1v) is 6.28. The number of nitrogens with zero attached hydrogens (tertiary/aromatic N) is 1. The molecule has 3 aromatic rings. The summed E-state index contributed by atoms with van der Waals surface area (Å²) in [6, 6.07) is 14.5. The predicted octanol–water partition coefficient (Wildman–Crippen LogP) is 5.44. The Bertz CT molecular complexity index is 760. The molecule has 0 atom stereocenters. The van der Waals surface area contributed by atoms with E-state index in [4.69, 9.17) is 11.6 Å². The maximum absolute atomic E-state index is 13.3. The van der Waals surface area contributed by atoms with Crippen molar-refractivity contribution < 1.29 is 13.2 Å². The Morgan fingerprint density at radius 3 is 2.25 bits per heavy atom. The molecule has 3 rings (SSSR count). The first kappa shape index (κ1) is 13.1. The zero-order valence-corrected chi connectivity index (χ0v) is 10.9. The standard InChI is InChI=1S/C15H9ClF3N/c16-12-7-6-11-8-13(10-4-2-1-3-5-10)20(14(11)9-12)15(17,18)19/h1-9H. The molecule has 2 aromatic carbocycles. The molecule has 0 bridgehead atoms. The summed E-state index contributed by atoms with van der Waals surface area (Å²) in [5.41, 5.74) is 0.677. The maximum Gasteiger partial charge on any atom is 0.489 e. The highest BCUT2D eigenvalue weighted by Crippen LogP contribution is 2.37. The maximum atomic E-state index is 13.3. The smallest absolute Gasteiger partial charge is 0.252 e. The van der Waals surface area contributed by atoms with Crippen molar-refractivity contribution in [2.24, 2.45) is 0 Å². The predicted molar refractivity (Wildman–Crippen MR) is 73.7 cm³/mol. The molecule has 102 valence electrons. The SMILES string of the molecule is FC(F)(F)n1c(-c2ccccc2)cc2ccc(Cl)cc21. The van der Waals surface area contributed by atoms with Gasteiger partial charge in [-0.25, -0.2) is 0 Å². The van der Waals surface area contributed by atoms with E-state index in [0.717, 1.165) is 0 Å². The van der Waals surface area contributed by atoms with Gasteiger partial charge in [0.25, 0.3) is 0 Å². The molecule has 0 aliphatic heterocycles. The summed E-state index contributed by atoms with van der Waals surface area (Å²) in [6.07, 6.45) is -4.50. The van der Waals surface area contributed by atoms with Crippen LogP contribution in [0.25, 0.3) is 22.2 Å². The molecule has 0 spiro atoms. The summed E-state index contributed by atoms with van der Waals surface area (Å²) in [5.74, 6) is 0. The Labute approximate surface area is 118 Å². The third-order valence-corrected chi connectivity index (χ3v) is 3.32. The van der Waals surface area contributed by atoms with E-state index in [1.165, 1.54) is 12.1 Å². The van der Waals surface area contributed by atoms with Gasteiger partial charge in [-0.15, -0.1) is 13.2 Å². The van der Waals surface area contributed by atoms with Gasteiger partial charge in [-0.3, -0.25) is 4.57 Å². The van der Waals surface area contributed by atoms with Gasteiger partial charge in [-0.05, 0) is 23.8 Å². The molecule has 1 heterocycles. The van der Waals surface area contributed by atoms with E-state index in [1.807, 2.05) is 0 Å². The van der Waals surface area contributed by atoms with E-state index < -0.39 is 6.30 Å². The van der Waals surface area contributed by atoms with Crippen molar-refractivity contribution in [1.82, 2.24) is 4.57 Å². The number of hydrogen-bond donors (Lipinski definition) is 0. The summed E-state index contributed by atoms with van der Waals surface area (Å²) in [7, 11) is 0. The largest absolute Gasteiger partial charge is 0.489 e. The molecule has 0 unspecified atom stereocenters. The van der Waals surface area contributed by atoms with Crippen LogP contribution in [0, 0.1) is 0 Å². The lowest BCUT2D eigenvalue weighted by molar-refractivity contribution is -0.199. The topological polar surface area (TPSA) is 4.93 Å². The third kappa shape index (κ3) is 2.16. The van der Waals surface area contributed by atoms with Gasteiger partial charge in [-0.2, -0.15) is 0 Å². The van der Waals surface area contributed by atoms with Crippen molar-refractivity contribution >= 4 is 22.5 Å². The van der Waals surface area contributed by atoms with Crippen molar-refractivity contribution in [1.29, 1.82) is 0 Å². The molecular formula is C15H9ClF3N. The zero-order chi connectivity index (χ0) is 14.3. The lowest BCUT2D eigenvalue weighted by Crippen LogP contribution is -2.17. The van der Waals surface area contributed by atoms with Crippen LogP contribution < -0.4 is 0 Å². The van der Waals surface area contributed by atoms with E-state index in [9.17, 15) is 13.2 Å². The monoisotopic (exact) mass is 295 g/mol. The molecular weight excluding hydrogens is 287 g/mol. The minimum absolute atomic E-state index is 0.0591. The molecule has 0 fully saturated rings. The number of rotatable bonds is 1. The first-order valence-electron chi connectivity index (χ1n) is 5.90. The van der Waals surface area contributed by atoms with Gasteiger partial charge in [-0.1, -0.05) is 48.0 Å². The second-order valence-electron chi connectivity index (χ2n) is 4.40. The highest BCUT2D eigenvalue weighted by Gasteiger charge is 2.34. The Kier molecular flexibility index (Phi) is 2.98. The second-order valence-corrected chi connectivity index (χ2v) is 4.84. The number of aromatic nitrogens is 1. The number of fused-ring (bicyclic) bond motifs is 1. The number of hydrogen-bond acceptors (Lipinski definition) is 0. The van der Waals surface area contributed by atoms with Gasteiger partial charge < -0.3 is 0 Å².